The summed E-state index contributed by atoms with van der Waals surface area (Å²) < 4.78 is 9.85. The van der Waals surface area contributed by atoms with E-state index in [1.807, 2.05) is 11.9 Å². The van der Waals surface area contributed by atoms with Crippen LogP contribution in [0.15, 0.2) is 16.5 Å². The monoisotopic (exact) mass is 254 g/mol. The molecular weight excluding hydrogens is 236 g/mol. The van der Waals surface area contributed by atoms with Crippen molar-refractivity contribution in [2.75, 3.05) is 34.8 Å². The van der Waals surface area contributed by atoms with Gasteiger partial charge in [-0.2, -0.15) is 0 Å². The smallest absolute Gasteiger partial charge is 0.373 e. The lowest BCUT2D eigenvalue weighted by molar-refractivity contribution is -0.129. The number of hydrogen-bond acceptors (Lipinski definition) is 5. The summed E-state index contributed by atoms with van der Waals surface area (Å²) in [5.74, 6) is 0.287. The number of amides is 1. The molecule has 0 saturated heterocycles. The predicted octanol–water partition coefficient (Wildman–Crippen LogP) is 0.586. The molecule has 100 valence electrons. The summed E-state index contributed by atoms with van der Waals surface area (Å²) in [4.78, 5) is 26.0. The highest BCUT2D eigenvalue weighted by Crippen LogP contribution is 2.10. The lowest BCUT2D eigenvalue weighted by atomic mass is 10.4. The van der Waals surface area contributed by atoms with Crippen LogP contribution in [0.25, 0.3) is 0 Å². The number of hydrogen-bond donors (Lipinski definition) is 0. The summed E-state index contributed by atoms with van der Waals surface area (Å²) in [5, 5.41) is 0. The maximum Gasteiger partial charge on any atom is 0.373 e. The van der Waals surface area contributed by atoms with Gasteiger partial charge in [0.2, 0.25) is 11.7 Å². The second-order valence-corrected chi connectivity index (χ2v) is 4.22. The standard InChI is InChI=1S/C12H18N2O4/c1-13(2)11(15)8-14(3)7-9-5-6-10(18-9)12(16)17-4/h5-6H,7-8H2,1-4H3. The summed E-state index contributed by atoms with van der Waals surface area (Å²) in [6.45, 7) is 0.748. The van der Waals surface area contributed by atoms with Gasteiger partial charge in [-0.3, -0.25) is 9.69 Å². The summed E-state index contributed by atoms with van der Waals surface area (Å²) in [6, 6.07) is 3.26. The van der Waals surface area contributed by atoms with Crippen molar-refractivity contribution >= 4 is 11.9 Å². The SMILES string of the molecule is COC(=O)c1ccc(CN(C)CC(=O)N(C)C)o1. The molecule has 1 aromatic heterocycles. The van der Waals surface area contributed by atoms with E-state index < -0.39 is 5.97 Å². The van der Waals surface area contributed by atoms with Gasteiger partial charge in [0.15, 0.2) is 0 Å². The third-order valence-corrected chi connectivity index (χ3v) is 2.38. The van der Waals surface area contributed by atoms with Crippen LogP contribution in [0.4, 0.5) is 0 Å². The van der Waals surface area contributed by atoms with Gasteiger partial charge < -0.3 is 14.1 Å². The van der Waals surface area contributed by atoms with Gasteiger partial charge >= 0.3 is 5.97 Å². The zero-order valence-corrected chi connectivity index (χ0v) is 11.1. The highest BCUT2D eigenvalue weighted by Gasteiger charge is 2.14. The molecule has 0 aliphatic carbocycles. The van der Waals surface area contributed by atoms with Crippen LogP contribution < -0.4 is 0 Å². The maximum atomic E-state index is 11.5. The number of carbonyl (C=O) groups is 2. The van der Waals surface area contributed by atoms with E-state index in [1.165, 1.54) is 12.0 Å². The Bertz CT molecular complexity index is 425. The minimum atomic E-state index is -0.506. The topological polar surface area (TPSA) is 63.0 Å². The molecule has 0 aliphatic heterocycles. The number of likely N-dealkylation sites (N-methyl/N-ethyl adjacent to an activating group) is 2. The van der Waals surface area contributed by atoms with Crippen LogP contribution in [-0.2, 0) is 16.1 Å². The van der Waals surface area contributed by atoms with E-state index in [9.17, 15) is 9.59 Å². The molecule has 1 heterocycles. The molecule has 0 fully saturated rings. The molecule has 1 rings (SSSR count). The van der Waals surface area contributed by atoms with Crippen molar-refractivity contribution in [3.05, 3.63) is 23.7 Å². The minimum absolute atomic E-state index is 0.0113. The Hall–Kier alpha value is -1.82. The van der Waals surface area contributed by atoms with Gasteiger partial charge in [0.25, 0.3) is 0 Å². The van der Waals surface area contributed by atoms with Crippen LogP contribution >= 0.6 is 0 Å². The average Bonchev–Trinajstić information content (AvgIpc) is 2.76. The zero-order chi connectivity index (χ0) is 13.7. The Kier molecular flexibility index (Phi) is 4.91. The van der Waals surface area contributed by atoms with Gasteiger partial charge in [-0.15, -0.1) is 0 Å². The molecule has 1 aromatic rings. The number of nitrogens with zero attached hydrogens (tertiary/aromatic N) is 2. The van der Waals surface area contributed by atoms with E-state index >= 15 is 0 Å². The third kappa shape index (κ3) is 3.89. The fourth-order valence-corrected chi connectivity index (χ4v) is 1.37. The molecule has 0 bridgehead atoms. The Morgan fingerprint density at radius 3 is 2.50 bits per heavy atom. The second kappa shape index (κ2) is 6.20. The average molecular weight is 254 g/mol. The van der Waals surface area contributed by atoms with Gasteiger partial charge in [0.05, 0.1) is 20.2 Å². The van der Waals surface area contributed by atoms with Crippen LogP contribution in [0.5, 0.6) is 0 Å². The van der Waals surface area contributed by atoms with Gasteiger partial charge in [-0.1, -0.05) is 0 Å². The van der Waals surface area contributed by atoms with E-state index in [2.05, 4.69) is 4.74 Å². The molecule has 0 spiro atoms. The van der Waals surface area contributed by atoms with Crippen LogP contribution in [0.1, 0.15) is 16.3 Å². The van der Waals surface area contributed by atoms with E-state index in [0.717, 1.165) is 0 Å². The van der Waals surface area contributed by atoms with Gasteiger partial charge in [-0.05, 0) is 19.2 Å². The summed E-state index contributed by atoms with van der Waals surface area (Å²) >= 11 is 0. The molecule has 6 nitrogen and oxygen atoms in total. The number of furan rings is 1. The largest absolute Gasteiger partial charge is 0.463 e. The lowest BCUT2D eigenvalue weighted by Crippen LogP contribution is -2.33. The van der Waals surface area contributed by atoms with Gasteiger partial charge in [-0.25, -0.2) is 4.79 Å². The Morgan fingerprint density at radius 1 is 1.28 bits per heavy atom. The molecule has 0 saturated carbocycles. The first-order valence-electron chi connectivity index (χ1n) is 5.49. The Morgan fingerprint density at radius 2 is 1.94 bits per heavy atom. The first-order chi connectivity index (χ1) is 8.43. The predicted molar refractivity (Wildman–Crippen MR) is 65.1 cm³/mol. The lowest BCUT2D eigenvalue weighted by Gasteiger charge is -2.17. The van der Waals surface area contributed by atoms with Crippen molar-refractivity contribution in [1.82, 2.24) is 9.80 Å². The zero-order valence-electron chi connectivity index (χ0n) is 11.1. The van der Waals surface area contributed by atoms with E-state index in [0.29, 0.717) is 18.8 Å². The fraction of sp³-hybridized carbons (Fsp3) is 0.500. The van der Waals surface area contributed by atoms with Crippen LogP contribution in [-0.4, -0.2) is 56.5 Å². The Labute approximate surface area is 106 Å². The number of esters is 1. The maximum absolute atomic E-state index is 11.5. The highest BCUT2D eigenvalue weighted by molar-refractivity contribution is 5.86. The summed E-state index contributed by atoms with van der Waals surface area (Å²) in [7, 11) is 6.52. The number of rotatable bonds is 5. The van der Waals surface area contributed by atoms with Gasteiger partial charge in [0.1, 0.15) is 5.76 Å². The molecule has 0 radical (unpaired) electrons. The molecule has 0 N–H and O–H groups in total. The first kappa shape index (κ1) is 14.2. The number of ether oxygens (including phenoxy) is 1. The number of carbonyl (C=O) groups excluding carboxylic acids is 2. The van der Waals surface area contributed by atoms with E-state index in [-0.39, 0.29) is 11.7 Å². The molecule has 0 atom stereocenters. The molecule has 18 heavy (non-hydrogen) atoms. The summed E-state index contributed by atoms with van der Waals surface area (Å²) in [5.41, 5.74) is 0. The Balaban J connectivity index is 2.54. The van der Waals surface area contributed by atoms with Crippen LogP contribution in [0.3, 0.4) is 0 Å². The molecular formula is C12H18N2O4. The number of methoxy groups -OCH3 is 1. The summed E-state index contributed by atoms with van der Waals surface area (Å²) in [6.07, 6.45) is 0. The van der Waals surface area contributed by atoms with Crippen molar-refractivity contribution in [3.63, 3.8) is 0 Å². The fourth-order valence-electron chi connectivity index (χ4n) is 1.37. The second-order valence-electron chi connectivity index (χ2n) is 4.22. The molecule has 6 heteroatoms. The quantitative estimate of drug-likeness (QED) is 0.719. The molecule has 0 aliphatic rings. The molecule has 0 aromatic carbocycles. The highest BCUT2D eigenvalue weighted by atomic mass is 16.5. The van der Waals surface area contributed by atoms with Crippen molar-refractivity contribution < 1.29 is 18.7 Å². The van der Waals surface area contributed by atoms with Crippen molar-refractivity contribution in [2.24, 2.45) is 0 Å². The third-order valence-electron chi connectivity index (χ3n) is 2.38. The van der Waals surface area contributed by atoms with Crippen molar-refractivity contribution in [3.8, 4) is 0 Å². The first-order valence-corrected chi connectivity index (χ1v) is 5.49. The molecule has 0 unspecified atom stereocenters. The van der Waals surface area contributed by atoms with Gasteiger partial charge in [0, 0.05) is 14.1 Å². The van der Waals surface area contributed by atoms with E-state index in [4.69, 9.17) is 4.42 Å². The van der Waals surface area contributed by atoms with Crippen LogP contribution in [0, 0.1) is 0 Å². The van der Waals surface area contributed by atoms with Crippen LogP contribution in [0.2, 0.25) is 0 Å². The normalized spacial score (nSPS) is 10.5. The minimum Gasteiger partial charge on any atom is -0.463 e. The van der Waals surface area contributed by atoms with Crippen molar-refractivity contribution in [1.29, 1.82) is 0 Å². The van der Waals surface area contributed by atoms with Crippen molar-refractivity contribution in [2.45, 2.75) is 6.54 Å². The molecule has 1 amide bonds. The van der Waals surface area contributed by atoms with E-state index in [1.54, 1.807) is 26.2 Å².